The molecule has 0 bridgehead atoms. The van der Waals surface area contributed by atoms with Crippen molar-refractivity contribution in [1.29, 1.82) is 0 Å². The summed E-state index contributed by atoms with van der Waals surface area (Å²) in [5, 5.41) is 0.589. The summed E-state index contributed by atoms with van der Waals surface area (Å²) in [5.74, 6) is 0. The van der Waals surface area contributed by atoms with Crippen molar-refractivity contribution in [1.82, 2.24) is 4.98 Å². The summed E-state index contributed by atoms with van der Waals surface area (Å²) in [6, 6.07) is 8.72. The van der Waals surface area contributed by atoms with E-state index < -0.39 is 0 Å². The minimum Gasteiger partial charge on any atom is -0.397 e. The molecule has 1 aromatic heterocycles. The molecule has 0 radical (unpaired) electrons. The number of benzene rings is 1. The van der Waals surface area contributed by atoms with Crippen LogP contribution in [0.1, 0.15) is 5.56 Å². The second-order valence-electron chi connectivity index (χ2n) is 3.67. The summed E-state index contributed by atoms with van der Waals surface area (Å²) < 4.78 is 0. The van der Waals surface area contributed by atoms with Gasteiger partial charge in [0.1, 0.15) is 0 Å². The van der Waals surface area contributed by atoms with E-state index in [0.29, 0.717) is 22.0 Å². The van der Waals surface area contributed by atoms with E-state index in [2.05, 4.69) is 4.98 Å². The van der Waals surface area contributed by atoms with Crippen molar-refractivity contribution in [2.24, 2.45) is 5.73 Å². The predicted octanol–water partition coefficient (Wildman–Crippen LogP) is 1.74. The SMILES string of the molecule is NCc1cc(N)c(-c2cccc(Cl)c2)[nH]c1=O. The Labute approximate surface area is 103 Å². The minimum atomic E-state index is -0.225. The Morgan fingerprint density at radius 1 is 1.29 bits per heavy atom. The number of nitrogens with one attached hydrogen (secondary N) is 1. The molecule has 0 fully saturated rings. The molecule has 5 heteroatoms. The van der Waals surface area contributed by atoms with E-state index in [4.69, 9.17) is 23.1 Å². The van der Waals surface area contributed by atoms with Gasteiger partial charge in [-0.05, 0) is 18.2 Å². The zero-order chi connectivity index (χ0) is 12.4. The second kappa shape index (κ2) is 4.61. The third-order valence-electron chi connectivity index (χ3n) is 2.48. The van der Waals surface area contributed by atoms with Gasteiger partial charge in [-0.1, -0.05) is 23.7 Å². The molecule has 0 atom stereocenters. The standard InChI is InChI=1S/C12H12ClN3O/c13-9-3-1-2-7(4-9)11-10(15)5-8(6-14)12(17)16-11/h1-5H,6,14-15H2,(H,16,17). The molecule has 0 aliphatic carbocycles. The Balaban J connectivity index is 2.61. The molecule has 0 spiro atoms. The molecular weight excluding hydrogens is 238 g/mol. The van der Waals surface area contributed by atoms with Crippen molar-refractivity contribution in [2.45, 2.75) is 6.54 Å². The van der Waals surface area contributed by atoms with Gasteiger partial charge < -0.3 is 16.5 Å². The third-order valence-corrected chi connectivity index (χ3v) is 2.72. The monoisotopic (exact) mass is 249 g/mol. The number of hydrogen-bond acceptors (Lipinski definition) is 3. The van der Waals surface area contributed by atoms with Crippen LogP contribution in [0.25, 0.3) is 11.3 Å². The Bertz CT molecular complexity index is 607. The molecule has 88 valence electrons. The molecule has 0 amide bonds. The number of anilines is 1. The van der Waals surface area contributed by atoms with Gasteiger partial charge in [0.15, 0.2) is 0 Å². The van der Waals surface area contributed by atoms with E-state index in [-0.39, 0.29) is 12.1 Å². The predicted molar refractivity (Wildman–Crippen MR) is 69.8 cm³/mol. The van der Waals surface area contributed by atoms with Crippen molar-refractivity contribution in [3.8, 4) is 11.3 Å². The van der Waals surface area contributed by atoms with Crippen molar-refractivity contribution in [3.05, 3.63) is 51.3 Å². The first kappa shape index (κ1) is 11.7. The highest BCUT2D eigenvalue weighted by atomic mass is 35.5. The van der Waals surface area contributed by atoms with Crippen LogP contribution in [-0.2, 0) is 6.54 Å². The highest BCUT2D eigenvalue weighted by molar-refractivity contribution is 6.30. The maximum Gasteiger partial charge on any atom is 0.253 e. The molecule has 0 aliphatic heterocycles. The van der Waals surface area contributed by atoms with Crippen LogP contribution < -0.4 is 17.0 Å². The third kappa shape index (κ3) is 2.33. The van der Waals surface area contributed by atoms with Crippen LogP contribution >= 0.6 is 11.6 Å². The largest absolute Gasteiger partial charge is 0.397 e. The highest BCUT2D eigenvalue weighted by Crippen LogP contribution is 2.25. The van der Waals surface area contributed by atoms with Gasteiger partial charge in [-0.2, -0.15) is 0 Å². The van der Waals surface area contributed by atoms with Crippen LogP contribution in [0.5, 0.6) is 0 Å². The smallest absolute Gasteiger partial charge is 0.253 e. The molecule has 2 rings (SSSR count). The lowest BCUT2D eigenvalue weighted by Crippen LogP contribution is -2.17. The van der Waals surface area contributed by atoms with Gasteiger partial charge in [0.25, 0.3) is 5.56 Å². The van der Waals surface area contributed by atoms with Gasteiger partial charge in [-0.3, -0.25) is 4.79 Å². The summed E-state index contributed by atoms with van der Waals surface area (Å²) in [6.45, 7) is 0.162. The minimum absolute atomic E-state index is 0.162. The average Bonchev–Trinajstić information content (AvgIpc) is 2.31. The van der Waals surface area contributed by atoms with E-state index in [1.54, 1.807) is 24.3 Å². The summed E-state index contributed by atoms with van der Waals surface area (Å²) in [5.41, 5.74) is 13.4. The summed E-state index contributed by atoms with van der Waals surface area (Å²) in [6.07, 6.45) is 0. The molecule has 4 nitrogen and oxygen atoms in total. The number of rotatable bonds is 2. The van der Waals surface area contributed by atoms with Crippen molar-refractivity contribution >= 4 is 17.3 Å². The molecule has 17 heavy (non-hydrogen) atoms. The van der Waals surface area contributed by atoms with Gasteiger partial charge in [0.05, 0.1) is 11.4 Å². The number of hydrogen-bond donors (Lipinski definition) is 3. The number of aromatic nitrogens is 1. The molecule has 1 aromatic carbocycles. The highest BCUT2D eigenvalue weighted by Gasteiger charge is 2.07. The van der Waals surface area contributed by atoms with Crippen molar-refractivity contribution in [2.75, 3.05) is 5.73 Å². The van der Waals surface area contributed by atoms with Crippen molar-refractivity contribution < 1.29 is 0 Å². The fraction of sp³-hybridized carbons (Fsp3) is 0.0833. The van der Waals surface area contributed by atoms with Gasteiger partial charge in [-0.25, -0.2) is 0 Å². The zero-order valence-electron chi connectivity index (χ0n) is 9.03. The number of pyridine rings is 1. The van der Waals surface area contributed by atoms with Crippen LogP contribution in [0.3, 0.4) is 0 Å². The van der Waals surface area contributed by atoms with E-state index in [9.17, 15) is 4.79 Å². The first-order valence-corrected chi connectivity index (χ1v) is 5.47. The summed E-state index contributed by atoms with van der Waals surface area (Å²) in [7, 11) is 0. The maximum atomic E-state index is 11.7. The molecule has 0 aliphatic rings. The molecule has 0 saturated heterocycles. The van der Waals surface area contributed by atoms with Gasteiger partial charge in [0, 0.05) is 22.7 Å². The van der Waals surface area contributed by atoms with Crippen LogP contribution in [-0.4, -0.2) is 4.98 Å². The zero-order valence-corrected chi connectivity index (χ0v) is 9.79. The lowest BCUT2D eigenvalue weighted by molar-refractivity contribution is 1.02. The Morgan fingerprint density at radius 2 is 2.06 bits per heavy atom. The fourth-order valence-corrected chi connectivity index (χ4v) is 1.82. The number of nitrogens with two attached hydrogens (primary N) is 2. The maximum absolute atomic E-state index is 11.7. The number of H-pyrrole nitrogens is 1. The molecular formula is C12H12ClN3O. The van der Waals surface area contributed by atoms with Crippen LogP contribution in [0, 0.1) is 0 Å². The topological polar surface area (TPSA) is 84.9 Å². The molecule has 0 unspecified atom stereocenters. The Kier molecular flexibility index (Phi) is 3.17. The van der Waals surface area contributed by atoms with E-state index >= 15 is 0 Å². The van der Waals surface area contributed by atoms with Crippen LogP contribution in [0.4, 0.5) is 5.69 Å². The van der Waals surface area contributed by atoms with E-state index in [1.807, 2.05) is 6.07 Å². The Hall–Kier alpha value is -1.78. The molecule has 1 heterocycles. The quantitative estimate of drug-likeness (QED) is 0.758. The fourth-order valence-electron chi connectivity index (χ4n) is 1.63. The lowest BCUT2D eigenvalue weighted by Gasteiger charge is -2.07. The molecule has 2 aromatic rings. The van der Waals surface area contributed by atoms with Crippen molar-refractivity contribution in [3.63, 3.8) is 0 Å². The van der Waals surface area contributed by atoms with E-state index in [1.165, 1.54) is 0 Å². The molecule has 5 N–H and O–H groups in total. The van der Waals surface area contributed by atoms with Crippen LogP contribution in [0.15, 0.2) is 35.1 Å². The first-order valence-electron chi connectivity index (χ1n) is 5.09. The number of aromatic amines is 1. The lowest BCUT2D eigenvalue weighted by atomic mass is 10.1. The summed E-state index contributed by atoms with van der Waals surface area (Å²) >= 11 is 5.89. The van der Waals surface area contributed by atoms with E-state index in [0.717, 1.165) is 5.56 Å². The normalized spacial score (nSPS) is 10.5. The van der Waals surface area contributed by atoms with Crippen LogP contribution in [0.2, 0.25) is 5.02 Å². The number of nitrogen functional groups attached to an aromatic ring is 1. The number of halogens is 1. The first-order chi connectivity index (χ1) is 8.11. The second-order valence-corrected chi connectivity index (χ2v) is 4.10. The van der Waals surface area contributed by atoms with Gasteiger partial charge in [-0.15, -0.1) is 0 Å². The molecule has 0 saturated carbocycles. The average molecular weight is 250 g/mol. The van der Waals surface area contributed by atoms with Gasteiger partial charge >= 0.3 is 0 Å². The summed E-state index contributed by atoms with van der Waals surface area (Å²) in [4.78, 5) is 14.4. The van der Waals surface area contributed by atoms with Gasteiger partial charge in [0.2, 0.25) is 0 Å². The Morgan fingerprint density at radius 3 is 2.71 bits per heavy atom.